The van der Waals surface area contributed by atoms with Crippen LogP contribution in [0.3, 0.4) is 0 Å². The van der Waals surface area contributed by atoms with Crippen LogP contribution < -0.4 is 5.32 Å². The molecule has 0 fully saturated rings. The Labute approximate surface area is 121 Å². The molecular weight excluding hydrogens is 274 g/mol. The van der Waals surface area contributed by atoms with Crippen LogP contribution >= 0.6 is 0 Å². The summed E-state index contributed by atoms with van der Waals surface area (Å²) in [5, 5.41) is 21.4. The second-order valence-electron chi connectivity index (χ2n) is 4.83. The summed E-state index contributed by atoms with van der Waals surface area (Å²) in [6, 6.07) is 7.90. The van der Waals surface area contributed by atoms with Gasteiger partial charge in [-0.1, -0.05) is 0 Å². The normalized spacial score (nSPS) is 11.8. The van der Waals surface area contributed by atoms with Crippen LogP contribution in [0.4, 0.5) is 14.5 Å². The maximum Gasteiger partial charge on any atom is 0.131 e. The molecule has 0 bridgehead atoms. The quantitative estimate of drug-likeness (QED) is 0.839. The highest BCUT2D eigenvalue weighted by Gasteiger charge is 2.16. The first kappa shape index (κ1) is 14.8. The summed E-state index contributed by atoms with van der Waals surface area (Å²) in [4.78, 5) is 0. The Bertz CT molecular complexity index is 700. The molecule has 0 aliphatic heterocycles. The zero-order valence-corrected chi connectivity index (χ0v) is 11.6. The maximum atomic E-state index is 13.9. The van der Waals surface area contributed by atoms with Crippen LogP contribution in [0.25, 0.3) is 0 Å². The van der Waals surface area contributed by atoms with E-state index >= 15 is 0 Å². The van der Waals surface area contributed by atoms with E-state index in [1.807, 2.05) is 6.07 Å². The molecule has 0 spiro atoms. The Morgan fingerprint density at radius 2 is 1.95 bits per heavy atom. The van der Waals surface area contributed by atoms with Crippen molar-refractivity contribution in [1.29, 1.82) is 5.26 Å². The molecule has 2 rings (SSSR count). The minimum atomic E-state index is -0.634. The second kappa shape index (κ2) is 5.80. The number of phenols is 1. The number of nitriles is 1. The van der Waals surface area contributed by atoms with E-state index in [9.17, 15) is 13.9 Å². The number of benzene rings is 2. The van der Waals surface area contributed by atoms with Gasteiger partial charge in [-0.25, -0.2) is 8.78 Å². The highest BCUT2D eigenvalue weighted by molar-refractivity contribution is 5.60. The predicted molar refractivity (Wildman–Crippen MR) is 76.0 cm³/mol. The van der Waals surface area contributed by atoms with Crippen molar-refractivity contribution in [3.05, 3.63) is 58.7 Å². The fourth-order valence-corrected chi connectivity index (χ4v) is 2.32. The number of hydrogen-bond acceptors (Lipinski definition) is 3. The van der Waals surface area contributed by atoms with Gasteiger partial charge in [-0.05, 0) is 43.7 Å². The number of halogens is 2. The number of anilines is 1. The minimum Gasteiger partial charge on any atom is -0.508 e. The Morgan fingerprint density at radius 1 is 1.24 bits per heavy atom. The summed E-state index contributed by atoms with van der Waals surface area (Å²) >= 11 is 0. The van der Waals surface area contributed by atoms with Gasteiger partial charge in [0.15, 0.2) is 0 Å². The standard InChI is InChI=1S/C16H14F2N2O/c1-9-5-12(17)7-14(18)16(9)10(2)20-15-4-3-13(21)6-11(15)8-19/h3-7,10,20-21H,1-2H3. The summed E-state index contributed by atoms with van der Waals surface area (Å²) in [5.74, 6) is -1.28. The van der Waals surface area contributed by atoms with Crippen molar-refractivity contribution in [3.8, 4) is 11.8 Å². The van der Waals surface area contributed by atoms with Crippen molar-refractivity contribution in [2.75, 3.05) is 5.32 Å². The highest BCUT2D eigenvalue weighted by Crippen LogP contribution is 2.28. The first-order chi connectivity index (χ1) is 9.92. The van der Waals surface area contributed by atoms with Crippen molar-refractivity contribution in [3.63, 3.8) is 0 Å². The molecule has 21 heavy (non-hydrogen) atoms. The number of aryl methyl sites for hydroxylation is 1. The number of hydrogen-bond donors (Lipinski definition) is 2. The number of nitrogens with zero attached hydrogens (tertiary/aromatic N) is 1. The summed E-state index contributed by atoms with van der Waals surface area (Å²) < 4.78 is 27.1. The number of nitrogens with one attached hydrogen (secondary N) is 1. The predicted octanol–water partition coefficient (Wildman–Crippen LogP) is 4.02. The average molecular weight is 288 g/mol. The smallest absolute Gasteiger partial charge is 0.131 e. The molecule has 1 atom stereocenters. The van der Waals surface area contributed by atoms with Gasteiger partial charge >= 0.3 is 0 Å². The van der Waals surface area contributed by atoms with E-state index in [1.54, 1.807) is 19.9 Å². The van der Waals surface area contributed by atoms with Crippen molar-refractivity contribution >= 4 is 5.69 Å². The molecule has 1 unspecified atom stereocenters. The molecule has 108 valence electrons. The topological polar surface area (TPSA) is 56.0 Å². The summed E-state index contributed by atoms with van der Waals surface area (Å²) in [5.41, 5.74) is 1.56. The summed E-state index contributed by atoms with van der Waals surface area (Å²) in [7, 11) is 0. The molecule has 0 amide bonds. The third-order valence-electron chi connectivity index (χ3n) is 3.23. The van der Waals surface area contributed by atoms with E-state index in [-0.39, 0.29) is 11.3 Å². The van der Waals surface area contributed by atoms with Gasteiger partial charge in [0.2, 0.25) is 0 Å². The largest absolute Gasteiger partial charge is 0.508 e. The van der Waals surface area contributed by atoms with E-state index in [0.29, 0.717) is 16.8 Å². The van der Waals surface area contributed by atoms with E-state index in [4.69, 9.17) is 5.26 Å². The molecule has 0 aromatic heterocycles. The lowest BCUT2D eigenvalue weighted by Gasteiger charge is -2.19. The van der Waals surface area contributed by atoms with E-state index in [2.05, 4.69) is 5.32 Å². The molecule has 0 aliphatic rings. The van der Waals surface area contributed by atoms with Crippen LogP contribution in [-0.4, -0.2) is 5.11 Å². The minimum absolute atomic E-state index is 0.0195. The number of aromatic hydroxyl groups is 1. The third-order valence-corrected chi connectivity index (χ3v) is 3.23. The molecule has 0 saturated heterocycles. The molecule has 3 nitrogen and oxygen atoms in total. The number of phenolic OH excluding ortho intramolecular Hbond substituents is 1. The van der Waals surface area contributed by atoms with Gasteiger partial charge in [-0.15, -0.1) is 0 Å². The highest BCUT2D eigenvalue weighted by atomic mass is 19.1. The van der Waals surface area contributed by atoms with Crippen molar-refractivity contribution < 1.29 is 13.9 Å². The maximum absolute atomic E-state index is 13.9. The van der Waals surface area contributed by atoms with Crippen LogP contribution in [0.15, 0.2) is 30.3 Å². The van der Waals surface area contributed by atoms with Crippen molar-refractivity contribution in [2.24, 2.45) is 0 Å². The Morgan fingerprint density at radius 3 is 2.57 bits per heavy atom. The monoisotopic (exact) mass is 288 g/mol. The summed E-state index contributed by atoms with van der Waals surface area (Å²) in [6.07, 6.45) is 0. The molecule has 0 aliphatic carbocycles. The SMILES string of the molecule is Cc1cc(F)cc(F)c1C(C)Nc1ccc(O)cc1C#N. The lowest BCUT2D eigenvalue weighted by Crippen LogP contribution is -2.11. The van der Waals surface area contributed by atoms with Crippen molar-refractivity contribution in [1.82, 2.24) is 0 Å². The second-order valence-corrected chi connectivity index (χ2v) is 4.83. The zero-order valence-electron chi connectivity index (χ0n) is 11.6. The molecule has 2 aromatic rings. The van der Waals surface area contributed by atoms with E-state index < -0.39 is 17.7 Å². The lowest BCUT2D eigenvalue weighted by atomic mass is 10.0. The molecule has 0 heterocycles. The van der Waals surface area contributed by atoms with Crippen molar-refractivity contribution in [2.45, 2.75) is 19.9 Å². The lowest BCUT2D eigenvalue weighted by molar-refractivity contribution is 0.475. The van der Waals surface area contributed by atoms with Gasteiger partial charge in [0.1, 0.15) is 23.5 Å². The van der Waals surface area contributed by atoms with Crippen LogP contribution in [0, 0.1) is 29.9 Å². The van der Waals surface area contributed by atoms with E-state index in [1.165, 1.54) is 18.2 Å². The van der Waals surface area contributed by atoms with Gasteiger partial charge in [0, 0.05) is 11.6 Å². The molecule has 2 aromatic carbocycles. The van der Waals surface area contributed by atoms with Crippen LogP contribution in [-0.2, 0) is 0 Å². The number of rotatable bonds is 3. The van der Waals surface area contributed by atoms with Crippen LogP contribution in [0.1, 0.15) is 29.7 Å². The van der Waals surface area contributed by atoms with Gasteiger partial charge in [-0.3, -0.25) is 0 Å². The summed E-state index contributed by atoms with van der Waals surface area (Å²) in [6.45, 7) is 3.35. The van der Waals surface area contributed by atoms with Gasteiger partial charge in [0.25, 0.3) is 0 Å². The first-order valence-corrected chi connectivity index (χ1v) is 6.37. The Kier molecular flexibility index (Phi) is 4.08. The van der Waals surface area contributed by atoms with E-state index in [0.717, 1.165) is 6.07 Å². The third kappa shape index (κ3) is 3.11. The van der Waals surface area contributed by atoms with Crippen LogP contribution in [0.5, 0.6) is 5.75 Å². The van der Waals surface area contributed by atoms with Gasteiger partial charge < -0.3 is 10.4 Å². The molecular formula is C16H14F2N2O. The molecule has 2 N–H and O–H groups in total. The first-order valence-electron chi connectivity index (χ1n) is 6.37. The molecule has 5 heteroatoms. The zero-order chi connectivity index (χ0) is 15.6. The van der Waals surface area contributed by atoms with Gasteiger partial charge in [0.05, 0.1) is 17.3 Å². The fraction of sp³-hybridized carbons (Fsp3) is 0.188. The molecule has 0 saturated carbocycles. The Hall–Kier alpha value is -2.61. The Balaban J connectivity index is 2.35. The fourth-order valence-electron chi connectivity index (χ4n) is 2.32. The van der Waals surface area contributed by atoms with Crippen LogP contribution in [0.2, 0.25) is 0 Å². The van der Waals surface area contributed by atoms with Gasteiger partial charge in [-0.2, -0.15) is 5.26 Å². The average Bonchev–Trinajstić information content (AvgIpc) is 2.39. The molecule has 0 radical (unpaired) electrons.